The maximum Gasteiger partial charge on any atom is 0.288 e. The fourth-order valence-electron chi connectivity index (χ4n) is 2.02. The van der Waals surface area contributed by atoms with Crippen molar-refractivity contribution in [2.45, 2.75) is 6.92 Å². The molecule has 0 spiro atoms. The molecule has 2 aromatic carbocycles. The Hall–Kier alpha value is -2.73. The van der Waals surface area contributed by atoms with Crippen molar-refractivity contribution in [1.29, 1.82) is 0 Å². The molecule has 0 unspecified atom stereocenters. The van der Waals surface area contributed by atoms with Crippen LogP contribution in [0.5, 0.6) is 0 Å². The van der Waals surface area contributed by atoms with Crippen molar-refractivity contribution in [2.75, 3.05) is 0 Å². The van der Waals surface area contributed by atoms with Gasteiger partial charge in [-0.25, -0.2) is 4.98 Å². The molecule has 0 atom stereocenters. The minimum absolute atomic E-state index is 0.0862. The lowest BCUT2D eigenvalue weighted by Crippen LogP contribution is -1.90. The summed E-state index contributed by atoms with van der Waals surface area (Å²) in [6, 6.07) is 12.3. The molecule has 1 heterocycles. The summed E-state index contributed by atoms with van der Waals surface area (Å²) in [5.74, 6) is 0.989. The second-order valence-electron chi connectivity index (χ2n) is 4.80. The van der Waals surface area contributed by atoms with Crippen LogP contribution in [0.3, 0.4) is 0 Å². The van der Waals surface area contributed by atoms with Gasteiger partial charge in [-0.05, 0) is 19.1 Å². The third kappa shape index (κ3) is 2.68. The van der Waals surface area contributed by atoms with Gasteiger partial charge in [0.05, 0.1) is 4.92 Å². The van der Waals surface area contributed by atoms with Crippen LogP contribution in [0, 0.1) is 17.0 Å². The molecule has 1 N–H and O–H groups in total. The lowest BCUT2D eigenvalue weighted by molar-refractivity contribution is -0.384. The van der Waals surface area contributed by atoms with Crippen molar-refractivity contribution in [3.05, 3.63) is 63.2 Å². The Balaban J connectivity index is 1.99. The van der Waals surface area contributed by atoms with E-state index in [1.165, 1.54) is 12.1 Å². The first-order chi connectivity index (χ1) is 10.5. The summed E-state index contributed by atoms with van der Waals surface area (Å²) in [7, 11) is 0. The van der Waals surface area contributed by atoms with E-state index in [2.05, 4.69) is 15.2 Å². The normalized spacial score (nSPS) is 10.6. The molecule has 110 valence electrons. The standard InChI is InChI=1S/C15H11ClN4O2/c1-9-2-4-10(5-3-9)14-17-15(19-18-14)11-6-7-12(16)13(8-11)20(21)22/h2-8H,1H3,(H,17,18,19). The van der Waals surface area contributed by atoms with Crippen molar-refractivity contribution in [3.63, 3.8) is 0 Å². The number of H-pyrrole nitrogens is 1. The molecule has 0 aliphatic carbocycles. The molecule has 3 rings (SSSR count). The van der Waals surface area contributed by atoms with Gasteiger partial charge in [0.15, 0.2) is 11.6 Å². The van der Waals surface area contributed by atoms with Crippen LogP contribution in [0.4, 0.5) is 5.69 Å². The van der Waals surface area contributed by atoms with E-state index in [9.17, 15) is 10.1 Å². The number of nitrogens with one attached hydrogen (secondary N) is 1. The van der Waals surface area contributed by atoms with Gasteiger partial charge in [0.2, 0.25) is 0 Å². The predicted molar refractivity (Wildman–Crippen MR) is 83.7 cm³/mol. The number of aromatic nitrogens is 3. The van der Waals surface area contributed by atoms with Crippen molar-refractivity contribution in [3.8, 4) is 22.8 Å². The van der Waals surface area contributed by atoms with E-state index in [0.29, 0.717) is 17.2 Å². The highest BCUT2D eigenvalue weighted by Gasteiger charge is 2.16. The molecular weight excluding hydrogens is 304 g/mol. The number of nitro groups is 1. The summed E-state index contributed by atoms with van der Waals surface area (Å²) in [6.45, 7) is 2.00. The number of hydrogen-bond donors (Lipinski definition) is 1. The molecule has 22 heavy (non-hydrogen) atoms. The number of nitrogens with zero attached hydrogens (tertiary/aromatic N) is 3. The Kier molecular flexibility index (Phi) is 3.60. The fourth-order valence-corrected chi connectivity index (χ4v) is 2.21. The molecule has 1 aromatic heterocycles. The summed E-state index contributed by atoms with van der Waals surface area (Å²) in [5, 5.41) is 18.0. The van der Waals surface area contributed by atoms with Crippen LogP contribution in [0.25, 0.3) is 22.8 Å². The first kappa shape index (κ1) is 14.2. The van der Waals surface area contributed by atoms with E-state index >= 15 is 0 Å². The third-order valence-corrected chi connectivity index (χ3v) is 3.53. The molecule has 7 heteroatoms. The van der Waals surface area contributed by atoms with Crippen LogP contribution in [-0.4, -0.2) is 20.1 Å². The Labute approximate surface area is 130 Å². The summed E-state index contributed by atoms with van der Waals surface area (Å²) in [5.41, 5.74) is 2.41. The molecule has 6 nitrogen and oxygen atoms in total. The van der Waals surface area contributed by atoms with Crippen molar-refractivity contribution < 1.29 is 4.92 Å². The monoisotopic (exact) mass is 314 g/mol. The van der Waals surface area contributed by atoms with Gasteiger partial charge >= 0.3 is 0 Å². The van der Waals surface area contributed by atoms with Gasteiger partial charge in [0.25, 0.3) is 5.69 Å². The highest BCUT2D eigenvalue weighted by atomic mass is 35.5. The van der Waals surface area contributed by atoms with Gasteiger partial charge in [-0.3, -0.25) is 15.2 Å². The van der Waals surface area contributed by atoms with E-state index in [0.717, 1.165) is 11.1 Å². The van der Waals surface area contributed by atoms with Crippen LogP contribution in [-0.2, 0) is 0 Å². The smallest absolute Gasteiger partial charge is 0.259 e. The molecule has 0 amide bonds. The average Bonchev–Trinajstić information content (AvgIpc) is 2.98. The Bertz CT molecular complexity index is 843. The number of aromatic amines is 1. The number of halogens is 1. The molecule has 0 aliphatic heterocycles. The van der Waals surface area contributed by atoms with Gasteiger partial charge in [-0.15, -0.1) is 0 Å². The minimum atomic E-state index is -0.528. The Morgan fingerprint density at radius 1 is 1.14 bits per heavy atom. The number of rotatable bonds is 3. The van der Waals surface area contributed by atoms with Crippen molar-refractivity contribution >= 4 is 17.3 Å². The Morgan fingerprint density at radius 3 is 2.50 bits per heavy atom. The van der Waals surface area contributed by atoms with Gasteiger partial charge in [0, 0.05) is 17.2 Å². The second kappa shape index (κ2) is 5.57. The highest BCUT2D eigenvalue weighted by Crippen LogP contribution is 2.29. The SMILES string of the molecule is Cc1ccc(-c2nc(-c3ccc(Cl)c([N+](=O)[O-])c3)n[nH]2)cc1. The molecule has 0 saturated carbocycles. The van der Waals surface area contributed by atoms with Gasteiger partial charge in [0.1, 0.15) is 5.02 Å². The van der Waals surface area contributed by atoms with Crippen molar-refractivity contribution in [1.82, 2.24) is 15.2 Å². The topological polar surface area (TPSA) is 84.7 Å². The number of nitro benzene ring substituents is 1. The predicted octanol–water partition coefficient (Wildman–Crippen LogP) is 4.01. The highest BCUT2D eigenvalue weighted by molar-refractivity contribution is 6.32. The van der Waals surface area contributed by atoms with E-state index in [1.54, 1.807) is 6.07 Å². The van der Waals surface area contributed by atoms with Gasteiger partial charge < -0.3 is 0 Å². The van der Waals surface area contributed by atoms with Gasteiger partial charge in [-0.2, -0.15) is 5.10 Å². The summed E-state index contributed by atoms with van der Waals surface area (Å²) in [6.07, 6.45) is 0. The maximum atomic E-state index is 10.9. The lowest BCUT2D eigenvalue weighted by Gasteiger charge is -1.98. The zero-order valence-electron chi connectivity index (χ0n) is 11.6. The third-order valence-electron chi connectivity index (χ3n) is 3.21. The first-order valence-corrected chi connectivity index (χ1v) is 6.86. The summed E-state index contributed by atoms with van der Waals surface area (Å²) in [4.78, 5) is 14.8. The van der Waals surface area contributed by atoms with E-state index in [1.807, 2.05) is 31.2 Å². The van der Waals surface area contributed by atoms with Crippen LogP contribution >= 0.6 is 11.6 Å². The molecule has 0 saturated heterocycles. The van der Waals surface area contributed by atoms with E-state index in [-0.39, 0.29) is 10.7 Å². The van der Waals surface area contributed by atoms with E-state index < -0.39 is 4.92 Å². The Morgan fingerprint density at radius 2 is 1.82 bits per heavy atom. The summed E-state index contributed by atoms with van der Waals surface area (Å²) < 4.78 is 0. The van der Waals surface area contributed by atoms with Gasteiger partial charge in [-0.1, -0.05) is 41.4 Å². The van der Waals surface area contributed by atoms with Crippen LogP contribution in [0.2, 0.25) is 5.02 Å². The van der Waals surface area contributed by atoms with Crippen LogP contribution in [0.1, 0.15) is 5.56 Å². The molecule has 0 bridgehead atoms. The lowest BCUT2D eigenvalue weighted by atomic mass is 10.1. The quantitative estimate of drug-likeness (QED) is 0.584. The zero-order valence-corrected chi connectivity index (χ0v) is 12.3. The minimum Gasteiger partial charge on any atom is -0.259 e. The number of benzene rings is 2. The van der Waals surface area contributed by atoms with Crippen LogP contribution < -0.4 is 0 Å². The molecule has 3 aromatic rings. The fraction of sp³-hybridized carbons (Fsp3) is 0.0667. The molecular formula is C15H11ClN4O2. The maximum absolute atomic E-state index is 10.9. The van der Waals surface area contributed by atoms with Crippen LogP contribution in [0.15, 0.2) is 42.5 Å². The average molecular weight is 315 g/mol. The van der Waals surface area contributed by atoms with Crippen molar-refractivity contribution in [2.24, 2.45) is 0 Å². The first-order valence-electron chi connectivity index (χ1n) is 6.48. The second-order valence-corrected chi connectivity index (χ2v) is 5.20. The number of hydrogen-bond acceptors (Lipinski definition) is 4. The molecule has 0 fully saturated rings. The summed E-state index contributed by atoms with van der Waals surface area (Å²) >= 11 is 5.80. The largest absolute Gasteiger partial charge is 0.288 e. The number of aryl methyl sites for hydroxylation is 1. The zero-order chi connectivity index (χ0) is 15.7. The molecule has 0 radical (unpaired) electrons. The molecule has 0 aliphatic rings. The van der Waals surface area contributed by atoms with E-state index in [4.69, 9.17) is 11.6 Å².